The lowest BCUT2D eigenvalue weighted by molar-refractivity contribution is -0.148. The fourth-order valence-corrected chi connectivity index (χ4v) is 9.25. The maximum absolute atomic E-state index is 13.9. The van der Waals surface area contributed by atoms with Crippen LogP contribution in [-0.2, 0) is 28.7 Å². The molecule has 2 aromatic heterocycles. The van der Waals surface area contributed by atoms with Crippen molar-refractivity contribution in [1.82, 2.24) is 39.6 Å². The third-order valence-electron chi connectivity index (χ3n) is 11.7. The zero-order valence-corrected chi connectivity index (χ0v) is 38.4. The van der Waals surface area contributed by atoms with Crippen molar-refractivity contribution in [2.24, 2.45) is 33.9 Å². The Kier molecular flexibility index (Phi) is 14.8. The summed E-state index contributed by atoms with van der Waals surface area (Å²) in [5.41, 5.74) is 19.5. The Balaban J connectivity index is 1.20. The number of halogens is 2. The number of carbonyl (C=O) groups is 4. The van der Waals surface area contributed by atoms with Gasteiger partial charge in [0.25, 0.3) is 0 Å². The lowest BCUT2D eigenvalue weighted by atomic mass is 9.90. The number of likely N-dealkylation sites (tertiary alicyclic amines) is 2. The Labute approximate surface area is 375 Å². The zero-order valence-electron chi connectivity index (χ0n) is 35.3. The van der Waals surface area contributed by atoms with E-state index in [1.807, 2.05) is 76.2 Å². The Morgan fingerprint density at radius 2 is 1.02 bits per heavy atom. The first kappa shape index (κ1) is 45.8. The first-order valence-corrected chi connectivity index (χ1v) is 21.9. The van der Waals surface area contributed by atoms with Crippen LogP contribution in [-0.4, -0.2) is 92.9 Å². The number of H-pyrrole nitrogens is 2. The van der Waals surface area contributed by atoms with E-state index in [2.05, 4.69) is 61.9 Å². The molecule has 2 aliphatic heterocycles. The SMILES string of the molecule is COC(=O)C[C@H](C(=O)N1C[C@@H](N=[N+]=N)C[C@H]1c1nc(-c2ccc(-c3ccc(-c4nc([C@@H]5C[C@H](N=[N+]=N)CN5C(=O)[C@@H](CC(=O)OC)C(C)C)[nH]c4Br)cc3)cc2)c(Br)[nH]1)C(C)C. The molecule has 2 amide bonds. The summed E-state index contributed by atoms with van der Waals surface area (Å²) in [5.74, 6) is -1.64. The minimum absolute atomic E-state index is 0.0446. The summed E-state index contributed by atoms with van der Waals surface area (Å²) < 4.78 is 11.0. The average Bonchev–Trinajstić information content (AvgIpc) is 4.06. The van der Waals surface area contributed by atoms with Gasteiger partial charge in [-0.3, -0.25) is 19.2 Å². The van der Waals surface area contributed by atoms with Crippen LogP contribution >= 0.6 is 31.9 Å². The van der Waals surface area contributed by atoms with E-state index in [-0.39, 0.29) is 49.6 Å². The molecule has 4 heterocycles. The number of aromatic amines is 2. The van der Waals surface area contributed by atoms with Gasteiger partial charge in [0.2, 0.25) is 21.6 Å². The Morgan fingerprint density at radius 1 is 0.677 bits per heavy atom. The van der Waals surface area contributed by atoms with Crippen LogP contribution in [0.4, 0.5) is 0 Å². The molecule has 0 radical (unpaired) electrons. The molecule has 6 rings (SSSR count). The maximum Gasteiger partial charge on any atom is 0.306 e. The molecule has 2 aliphatic rings. The zero-order chi connectivity index (χ0) is 44.8. The summed E-state index contributed by atoms with van der Waals surface area (Å²) >= 11 is 7.29. The average molecular weight is 979 g/mol. The molecule has 2 aromatic carbocycles. The van der Waals surface area contributed by atoms with Crippen LogP contribution in [0, 0.1) is 34.7 Å². The number of methoxy groups -OCH3 is 2. The molecule has 0 unspecified atom stereocenters. The van der Waals surface area contributed by atoms with E-state index in [1.54, 1.807) is 9.80 Å². The van der Waals surface area contributed by atoms with Crippen molar-refractivity contribution in [2.45, 2.75) is 77.5 Å². The van der Waals surface area contributed by atoms with Crippen LogP contribution in [0.3, 0.4) is 0 Å². The van der Waals surface area contributed by atoms with Gasteiger partial charge in [-0.05, 0) is 54.8 Å². The second kappa shape index (κ2) is 20.0. The predicted octanol–water partition coefficient (Wildman–Crippen LogP) is 7.71. The quantitative estimate of drug-likeness (QED) is 0.0520. The molecule has 326 valence electrons. The predicted molar refractivity (Wildman–Crippen MR) is 233 cm³/mol. The van der Waals surface area contributed by atoms with E-state index in [0.29, 0.717) is 45.1 Å². The fourth-order valence-electron chi connectivity index (χ4n) is 8.21. The van der Waals surface area contributed by atoms with Gasteiger partial charge in [0.1, 0.15) is 53.5 Å². The molecule has 0 aliphatic carbocycles. The number of imidazole rings is 2. The summed E-state index contributed by atoms with van der Waals surface area (Å²) in [5, 5.41) is 8.06. The molecule has 0 bridgehead atoms. The number of hydrogen-bond donors (Lipinski definition) is 4. The molecule has 6 atom stereocenters. The fraction of sp³-hybridized carbons (Fsp3) is 0.476. The number of nitrogens with one attached hydrogen (secondary N) is 4. The maximum atomic E-state index is 13.9. The number of ether oxygens (including phenoxy) is 2. The molecule has 2 saturated heterocycles. The van der Waals surface area contributed by atoms with Gasteiger partial charge in [-0.25, -0.2) is 9.97 Å². The van der Waals surface area contributed by atoms with Crippen LogP contribution in [0.15, 0.2) is 68.0 Å². The van der Waals surface area contributed by atoms with Gasteiger partial charge < -0.3 is 29.2 Å². The van der Waals surface area contributed by atoms with Crippen molar-refractivity contribution in [2.75, 3.05) is 27.3 Å². The monoisotopic (exact) mass is 976 g/mol. The standard InChI is InChI=1S/C42H49Br2N12O6/c1-21(2)29(17-33(57)61-5)41(59)55-19-27(51-53-45)15-31(55)39-47-35(37(43)49-39)25-11-7-23(8-12-25)24-9-13-26(14-10-24)36-38(44)50-40(48-36)32-16-28(52-54-46)20-56(32)42(60)30(22(3)4)18-34(58)62-6/h7-14,21-22,27-32,45H,15-20H2,1-6H3,(H2,46,52)/q+1/p+1/t27-,28-,29-,30-,31-,32-/m0/s1. The van der Waals surface area contributed by atoms with Gasteiger partial charge >= 0.3 is 11.9 Å². The highest BCUT2D eigenvalue weighted by Gasteiger charge is 2.45. The minimum atomic E-state index is -0.597. The topological polar surface area (TPSA) is 251 Å². The third-order valence-corrected chi connectivity index (χ3v) is 12.8. The molecule has 2 fully saturated rings. The second-order valence-electron chi connectivity index (χ2n) is 16.2. The second-order valence-corrected chi connectivity index (χ2v) is 17.8. The minimum Gasteiger partial charge on any atom is -0.469 e. The molecule has 62 heavy (non-hydrogen) atoms. The number of carbonyl (C=O) groups excluding carboxylic acids is 4. The van der Waals surface area contributed by atoms with E-state index in [9.17, 15) is 19.2 Å². The van der Waals surface area contributed by atoms with Crippen molar-refractivity contribution >= 4 is 55.6 Å². The molecular formula is C42H50Br2N12O6+2. The van der Waals surface area contributed by atoms with E-state index >= 15 is 0 Å². The molecule has 18 nitrogen and oxygen atoms in total. The lowest BCUT2D eigenvalue weighted by Crippen LogP contribution is -2.39. The van der Waals surface area contributed by atoms with Crippen LogP contribution in [0.5, 0.6) is 0 Å². The van der Waals surface area contributed by atoms with Crippen LogP contribution in [0.25, 0.3) is 33.6 Å². The van der Waals surface area contributed by atoms with E-state index in [0.717, 1.165) is 22.3 Å². The van der Waals surface area contributed by atoms with Crippen molar-refractivity contribution in [3.8, 4) is 33.6 Å². The number of rotatable bonds is 15. The Hall–Kier alpha value is -5.68. The van der Waals surface area contributed by atoms with E-state index in [4.69, 9.17) is 30.5 Å². The molecule has 20 heteroatoms. The largest absolute Gasteiger partial charge is 0.469 e. The van der Waals surface area contributed by atoms with E-state index < -0.39 is 47.9 Å². The summed E-state index contributed by atoms with van der Waals surface area (Å²) in [6, 6.07) is 14.2. The summed E-state index contributed by atoms with van der Waals surface area (Å²) in [4.78, 5) is 78.6. The van der Waals surface area contributed by atoms with Gasteiger partial charge in [0.15, 0.2) is 12.1 Å². The highest BCUT2D eigenvalue weighted by molar-refractivity contribution is 9.10. The van der Waals surface area contributed by atoms with Crippen LogP contribution in [0.1, 0.15) is 77.1 Å². The van der Waals surface area contributed by atoms with Gasteiger partial charge in [-0.2, -0.15) is 0 Å². The summed E-state index contributed by atoms with van der Waals surface area (Å²) in [6.45, 7) is 8.08. The Morgan fingerprint density at radius 3 is 1.32 bits per heavy atom. The molecular weight excluding hydrogens is 928 g/mol. The highest BCUT2D eigenvalue weighted by Crippen LogP contribution is 2.40. The number of benzene rings is 2. The number of nitrogens with zero attached hydrogens (tertiary/aromatic N) is 8. The van der Waals surface area contributed by atoms with Crippen molar-refractivity contribution in [1.29, 1.82) is 11.1 Å². The number of amides is 2. The van der Waals surface area contributed by atoms with Crippen molar-refractivity contribution < 1.29 is 28.7 Å². The molecule has 4 N–H and O–H groups in total. The Bertz CT molecular complexity index is 2220. The lowest BCUT2D eigenvalue weighted by Gasteiger charge is -2.29. The highest BCUT2D eigenvalue weighted by atomic mass is 79.9. The first-order valence-electron chi connectivity index (χ1n) is 20.3. The number of hydrogen-bond acceptors (Lipinski definition) is 12. The van der Waals surface area contributed by atoms with Gasteiger partial charge in [-0.15, -0.1) is 0 Å². The smallest absolute Gasteiger partial charge is 0.306 e. The van der Waals surface area contributed by atoms with Gasteiger partial charge in [-0.1, -0.05) is 76.2 Å². The van der Waals surface area contributed by atoms with Crippen LogP contribution in [0.2, 0.25) is 0 Å². The number of esters is 2. The van der Waals surface area contributed by atoms with E-state index in [1.165, 1.54) is 14.2 Å². The number of aromatic nitrogens is 4. The van der Waals surface area contributed by atoms with Crippen molar-refractivity contribution in [3.05, 3.63) is 69.4 Å². The summed E-state index contributed by atoms with van der Waals surface area (Å²) in [6.07, 6.45) is 0.739. The molecule has 0 saturated carbocycles. The first-order chi connectivity index (χ1) is 29.7. The summed E-state index contributed by atoms with van der Waals surface area (Å²) in [7, 11) is 2.61. The van der Waals surface area contributed by atoms with Gasteiger partial charge in [0, 0.05) is 24.0 Å². The molecule has 4 aromatic rings. The molecule has 0 spiro atoms. The van der Waals surface area contributed by atoms with Crippen LogP contribution < -0.4 is 9.82 Å². The van der Waals surface area contributed by atoms with Crippen molar-refractivity contribution in [3.63, 3.8) is 0 Å². The third kappa shape index (κ3) is 9.99. The normalized spacial score (nSPS) is 19.5. The van der Waals surface area contributed by atoms with Gasteiger partial charge in [0.05, 0.1) is 64.1 Å².